The van der Waals surface area contributed by atoms with Crippen molar-refractivity contribution in [2.75, 3.05) is 13.2 Å². The molecule has 0 spiro atoms. The highest BCUT2D eigenvalue weighted by molar-refractivity contribution is 5.85. The Morgan fingerprint density at radius 1 is 1.67 bits per heavy atom. The number of nitrogens with one attached hydrogen (secondary N) is 1. The predicted octanol–water partition coefficient (Wildman–Crippen LogP) is 0.0138. The molecule has 0 aliphatic carbocycles. The van der Waals surface area contributed by atoms with Crippen molar-refractivity contribution in [3.63, 3.8) is 0 Å². The van der Waals surface area contributed by atoms with Crippen molar-refractivity contribution in [1.29, 1.82) is 0 Å². The first-order chi connectivity index (χ1) is 5.06. The third-order valence-electron chi connectivity index (χ3n) is 2.55. The van der Waals surface area contributed by atoms with E-state index in [1.165, 1.54) is 0 Å². The maximum absolute atomic E-state index is 10.8. The lowest BCUT2D eigenvalue weighted by Crippen LogP contribution is -2.51. The maximum Gasteiger partial charge on any atom is 0.326 e. The van der Waals surface area contributed by atoms with Crippen LogP contribution in [0.25, 0.3) is 0 Å². The zero-order valence-electron chi connectivity index (χ0n) is 6.79. The average molecular weight is 194 g/mol. The molecule has 5 heteroatoms. The standard InChI is InChI=1S/C7H11NO3.ClH/c1-6-2-7(4-11-6,5(9)10)8-3-6;/h8H,2-4H2,1H3,(H,9,10);1H. The van der Waals surface area contributed by atoms with Crippen LogP contribution in [-0.4, -0.2) is 35.4 Å². The largest absolute Gasteiger partial charge is 0.480 e. The minimum absolute atomic E-state index is 0. The van der Waals surface area contributed by atoms with Gasteiger partial charge in [-0.25, -0.2) is 0 Å². The Bertz CT molecular complexity index is 211. The molecule has 2 aliphatic rings. The normalized spacial score (nSPS) is 44.1. The van der Waals surface area contributed by atoms with Crippen molar-refractivity contribution in [1.82, 2.24) is 5.32 Å². The van der Waals surface area contributed by atoms with E-state index in [1.54, 1.807) is 0 Å². The Morgan fingerprint density at radius 3 is 2.50 bits per heavy atom. The lowest BCUT2D eigenvalue weighted by Gasteiger charge is -2.24. The number of halogens is 1. The molecule has 0 amide bonds. The molecule has 70 valence electrons. The second-order valence-electron chi connectivity index (χ2n) is 3.66. The van der Waals surface area contributed by atoms with Gasteiger partial charge in [0.05, 0.1) is 12.2 Å². The van der Waals surface area contributed by atoms with E-state index >= 15 is 0 Å². The van der Waals surface area contributed by atoms with Crippen LogP contribution in [0.5, 0.6) is 0 Å². The van der Waals surface area contributed by atoms with Gasteiger partial charge < -0.3 is 9.84 Å². The van der Waals surface area contributed by atoms with Crippen molar-refractivity contribution in [2.24, 2.45) is 0 Å². The number of fused-ring (bicyclic) bond motifs is 2. The van der Waals surface area contributed by atoms with Gasteiger partial charge in [-0.1, -0.05) is 0 Å². The van der Waals surface area contributed by atoms with Gasteiger partial charge in [0.2, 0.25) is 0 Å². The Hall–Kier alpha value is -0.320. The third-order valence-corrected chi connectivity index (χ3v) is 2.55. The van der Waals surface area contributed by atoms with E-state index in [0.717, 1.165) is 0 Å². The summed E-state index contributed by atoms with van der Waals surface area (Å²) in [5.41, 5.74) is -1.02. The Balaban J connectivity index is 0.000000720. The summed E-state index contributed by atoms with van der Waals surface area (Å²) in [4.78, 5) is 10.8. The number of hydrogen-bond acceptors (Lipinski definition) is 3. The fourth-order valence-corrected chi connectivity index (χ4v) is 1.83. The van der Waals surface area contributed by atoms with Gasteiger partial charge in [-0.3, -0.25) is 10.1 Å². The van der Waals surface area contributed by atoms with E-state index in [2.05, 4.69) is 5.32 Å². The van der Waals surface area contributed by atoms with Crippen LogP contribution in [0.2, 0.25) is 0 Å². The molecule has 2 bridgehead atoms. The van der Waals surface area contributed by atoms with Crippen LogP contribution in [0, 0.1) is 0 Å². The molecule has 4 nitrogen and oxygen atoms in total. The van der Waals surface area contributed by atoms with Crippen molar-refractivity contribution < 1.29 is 14.6 Å². The number of ether oxygens (including phenoxy) is 1. The molecule has 2 atom stereocenters. The predicted molar refractivity (Wildman–Crippen MR) is 44.6 cm³/mol. The fourth-order valence-electron chi connectivity index (χ4n) is 1.83. The van der Waals surface area contributed by atoms with Crippen LogP contribution in [0.1, 0.15) is 13.3 Å². The molecule has 2 aliphatic heterocycles. The number of hydrogen-bond donors (Lipinski definition) is 2. The average Bonchev–Trinajstić information content (AvgIpc) is 2.42. The number of aliphatic carboxylic acids is 1. The van der Waals surface area contributed by atoms with E-state index in [-0.39, 0.29) is 18.0 Å². The van der Waals surface area contributed by atoms with Gasteiger partial charge in [0, 0.05) is 13.0 Å². The van der Waals surface area contributed by atoms with Crippen LogP contribution in [0.15, 0.2) is 0 Å². The lowest BCUT2D eigenvalue weighted by atomic mass is 9.96. The minimum atomic E-state index is -0.793. The summed E-state index contributed by atoms with van der Waals surface area (Å²) >= 11 is 0. The van der Waals surface area contributed by atoms with E-state index in [9.17, 15) is 4.79 Å². The SMILES string of the molecule is CC12CNC(C(=O)O)(CO1)C2.Cl. The van der Waals surface area contributed by atoms with E-state index < -0.39 is 11.5 Å². The zero-order valence-corrected chi connectivity index (χ0v) is 7.61. The van der Waals surface area contributed by atoms with Crippen molar-refractivity contribution in [3.05, 3.63) is 0 Å². The van der Waals surface area contributed by atoms with Gasteiger partial charge in [-0.05, 0) is 6.92 Å². The summed E-state index contributed by atoms with van der Waals surface area (Å²) < 4.78 is 5.36. The van der Waals surface area contributed by atoms with Gasteiger partial charge in [0.1, 0.15) is 5.54 Å². The molecule has 2 rings (SSSR count). The highest BCUT2D eigenvalue weighted by Crippen LogP contribution is 2.38. The monoisotopic (exact) mass is 193 g/mol. The van der Waals surface area contributed by atoms with Gasteiger partial charge in [-0.2, -0.15) is 0 Å². The van der Waals surface area contributed by atoms with Gasteiger partial charge in [0.25, 0.3) is 0 Å². The summed E-state index contributed by atoms with van der Waals surface area (Å²) in [6, 6.07) is 0. The number of carboxylic acids is 1. The molecule has 2 fully saturated rings. The number of carbonyl (C=O) groups is 1. The van der Waals surface area contributed by atoms with Crippen LogP contribution < -0.4 is 5.32 Å². The van der Waals surface area contributed by atoms with Gasteiger partial charge in [-0.15, -0.1) is 12.4 Å². The topological polar surface area (TPSA) is 58.6 Å². The molecule has 0 aromatic rings. The first-order valence-electron chi connectivity index (χ1n) is 3.69. The zero-order chi connectivity index (χ0) is 8.11. The molecule has 2 unspecified atom stereocenters. The lowest BCUT2D eigenvalue weighted by molar-refractivity contribution is -0.145. The quantitative estimate of drug-likeness (QED) is 0.616. The molecule has 12 heavy (non-hydrogen) atoms. The summed E-state index contributed by atoms with van der Waals surface area (Å²) in [7, 11) is 0. The van der Waals surface area contributed by atoms with Crippen LogP contribution >= 0.6 is 12.4 Å². The van der Waals surface area contributed by atoms with Crippen LogP contribution in [-0.2, 0) is 9.53 Å². The van der Waals surface area contributed by atoms with Crippen molar-refractivity contribution >= 4 is 18.4 Å². The Kier molecular flexibility index (Phi) is 2.10. The molecular weight excluding hydrogens is 182 g/mol. The van der Waals surface area contributed by atoms with Crippen LogP contribution in [0.4, 0.5) is 0 Å². The Morgan fingerprint density at radius 2 is 2.33 bits per heavy atom. The number of morpholine rings is 1. The molecule has 0 aromatic carbocycles. The molecule has 0 radical (unpaired) electrons. The van der Waals surface area contributed by atoms with E-state index in [0.29, 0.717) is 19.6 Å². The molecule has 0 aromatic heterocycles. The second-order valence-corrected chi connectivity index (χ2v) is 3.66. The first-order valence-corrected chi connectivity index (χ1v) is 3.69. The highest BCUT2D eigenvalue weighted by atomic mass is 35.5. The smallest absolute Gasteiger partial charge is 0.326 e. The summed E-state index contributed by atoms with van der Waals surface area (Å²) in [5, 5.41) is 11.8. The third kappa shape index (κ3) is 1.11. The van der Waals surface area contributed by atoms with Crippen molar-refractivity contribution in [2.45, 2.75) is 24.5 Å². The fraction of sp³-hybridized carbons (Fsp3) is 0.857. The number of rotatable bonds is 1. The van der Waals surface area contributed by atoms with Gasteiger partial charge in [0.15, 0.2) is 0 Å². The summed E-state index contributed by atoms with van der Waals surface area (Å²) in [6.07, 6.45) is 0.593. The Labute approximate surface area is 76.7 Å². The molecule has 0 saturated carbocycles. The summed E-state index contributed by atoms with van der Waals surface area (Å²) in [5.74, 6) is -0.793. The highest BCUT2D eigenvalue weighted by Gasteiger charge is 2.57. The van der Waals surface area contributed by atoms with E-state index in [4.69, 9.17) is 9.84 Å². The van der Waals surface area contributed by atoms with E-state index in [1.807, 2.05) is 6.92 Å². The molecule has 2 heterocycles. The second kappa shape index (κ2) is 2.58. The molecule has 2 N–H and O–H groups in total. The minimum Gasteiger partial charge on any atom is -0.480 e. The number of carboxylic acid groups (broad SMARTS) is 1. The first kappa shape index (κ1) is 9.77. The molecule has 2 saturated heterocycles. The van der Waals surface area contributed by atoms with Gasteiger partial charge >= 0.3 is 5.97 Å². The van der Waals surface area contributed by atoms with Crippen LogP contribution in [0.3, 0.4) is 0 Å². The van der Waals surface area contributed by atoms with Crippen molar-refractivity contribution in [3.8, 4) is 0 Å². The molecular formula is C7H12ClNO3. The summed E-state index contributed by atoms with van der Waals surface area (Å²) in [6.45, 7) is 2.90. The maximum atomic E-state index is 10.8.